The Hall–Kier alpha value is -3.86. The maximum Gasteiger partial charge on any atom is 0.318 e. The first-order chi connectivity index (χ1) is 17.7. The number of hydrogen-bond acceptors (Lipinski definition) is 8. The molecule has 5 rings (SSSR count). The van der Waals surface area contributed by atoms with Crippen molar-refractivity contribution in [2.45, 2.75) is 44.4 Å². The first kappa shape index (κ1) is 24.8. The molecule has 0 bridgehead atoms. The molecule has 0 spiro atoms. The number of halogens is 1. The van der Waals surface area contributed by atoms with Crippen molar-refractivity contribution in [3.63, 3.8) is 0 Å². The third-order valence-corrected chi connectivity index (χ3v) is 7.72. The normalized spacial score (nSPS) is 18.1. The van der Waals surface area contributed by atoms with Gasteiger partial charge in [-0.3, -0.25) is 29.8 Å². The number of ketones is 2. The maximum absolute atomic E-state index is 13.1. The summed E-state index contributed by atoms with van der Waals surface area (Å²) in [5, 5.41) is 22.5. The zero-order chi connectivity index (χ0) is 26.4. The van der Waals surface area contributed by atoms with Gasteiger partial charge in [0, 0.05) is 54.4 Å². The fourth-order valence-corrected chi connectivity index (χ4v) is 5.91. The minimum Gasteiger partial charge on any atom is -0.449 e. The van der Waals surface area contributed by atoms with Crippen LogP contribution in [0.1, 0.15) is 50.0 Å². The summed E-state index contributed by atoms with van der Waals surface area (Å²) in [5.41, 5.74) is 3.05. The molecule has 0 amide bonds. The molecule has 11 heteroatoms. The fourth-order valence-electron chi connectivity index (χ4n) is 5.43. The molecule has 37 heavy (non-hydrogen) atoms. The van der Waals surface area contributed by atoms with Crippen LogP contribution in [0.2, 0.25) is 0 Å². The van der Waals surface area contributed by atoms with Crippen molar-refractivity contribution < 1.29 is 24.2 Å². The predicted molar refractivity (Wildman–Crippen MR) is 136 cm³/mol. The first-order valence-corrected chi connectivity index (χ1v) is 12.6. The zero-order valence-electron chi connectivity index (χ0n) is 19.9. The molecule has 10 nitrogen and oxygen atoms in total. The minimum absolute atomic E-state index is 0.0426. The third kappa shape index (κ3) is 4.33. The number of carbonyl (C=O) groups is 2. The number of benzene rings is 2. The van der Waals surface area contributed by atoms with Crippen LogP contribution < -0.4 is 4.74 Å². The largest absolute Gasteiger partial charge is 0.449 e. The van der Waals surface area contributed by atoms with Crippen molar-refractivity contribution in [2.24, 2.45) is 0 Å². The zero-order valence-corrected chi connectivity index (χ0v) is 21.4. The Kier molecular flexibility index (Phi) is 6.40. The number of rotatable bonds is 5. The van der Waals surface area contributed by atoms with Crippen LogP contribution in [0.5, 0.6) is 11.5 Å². The lowest BCUT2D eigenvalue weighted by Gasteiger charge is -2.42. The summed E-state index contributed by atoms with van der Waals surface area (Å²) in [6.45, 7) is 0. The van der Waals surface area contributed by atoms with Gasteiger partial charge in [-0.15, -0.1) is 0 Å². The lowest BCUT2D eigenvalue weighted by molar-refractivity contribution is -0.394. The second kappa shape index (κ2) is 9.55. The molecule has 0 unspecified atom stereocenters. The highest BCUT2D eigenvalue weighted by molar-refractivity contribution is 9.10. The van der Waals surface area contributed by atoms with E-state index in [-0.39, 0.29) is 23.1 Å². The highest BCUT2D eigenvalue weighted by atomic mass is 79.9. The van der Waals surface area contributed by atoms with Crippen LogP contribution in [0, 0.1) is 20.2 Å². The maximum atomic E-state index is 13.1. The van der Waals surface area contributed by atoms with Crippen LogP contribution in [0.4, 0.5) is 11.4 Å². The predicted octanol–water partition coefficient (Wildman–Crippen LogP) is 6.10. The Balaban J connectivity index is 1.56. The fraction of sp³-hybridized carbons (Fsp3) is 0.308. The molecular formula is C26H22BrN3O7. The van der Waals surface area contributed by atoms with E-state index in [0.717, 1.165) is 54.8 Å². The molecule has 190 valence electrons. The SMILES string of the molecule is CN1C2=C(C(=O)CCC2)C(c2ccc(Oc3ccc([N+](=O)[O-])cc3[N+](=O)[O-])c(Br)c2)C2=C1CCCC2=O. The molecular weight excluding hydrogens is 546 g/mol. The van der Waals surface area contributed by atoms with E-state index in [9.17, 15) is 29.8 Å². The van der Waals surface area contributed by atoms with Crippen LogP contribution in [-0.4, -0.2) is 33.4 Å². The van der Waals surface area contributed by atoms with Crippen molar-refractivity contribution in [3.8, 4) is 11.5 Å². The summed E-state index contributed by atoms with van der Waals surface area (Å²) in [6, 6.07) is 8.30. The summed E-state index contributed by atoms with van der Waals surface area (Å²) in [5.74, 6) is -0.298. The van der Waals surface area contributed by atoms with E-state index in [4.69, 9.17) is 4.74 Å². The standard InChI is InChI=1S/C26H22BrN3O7/c1-28-17-4-2-6-20(31)25(17)24(26-18(28)5-3-7-21(26)32)14-8-10-22(16(27)12-14)37-23-11-9-15(29(33)34)13-19(23)30(35)36/h8-13,24H,2-7H2,1H3. The molecule has 0 atom stereocenters. The van der Waals surface area contributed by atoms with Crippen LogP contribution in [0.25, 0.3) is 0 Å². The van der Waals surface area contributed by atoms with Gasteiger partial charge < -0.3 is 9.64 Å². The van der Waals surface area contributed by atoms with E-state index < -0.39 is 27.1 Å². The molecule has 3 aliphatic rings. The van der Waals surface area contributed by atoms with Gasteiger partial charge in [0.05, 0.1) is 20.4 Å². The van der Waals surface area contributed by atoms with Gasteiger partial charge >= 0.3 is 5.69 Å². The van der Waals surface area contributed by atoms with Gasteiger partial charge in [-0.05, 0) is 65.4 Å². The van der Waals surface area contributed by atoms with Crippen molar-refractivity contribution in [1.29, 1.82) is 0 Å². The van der Waals surface area contributed by atoms with Gasteiger partial charge in [-0.1, -0.05) is 6.07 Å². The van der Waals surface area contributed by atoms with Crippen molar-refractivity contribution >= 4 is 38.9 Å². The molecule has 2 aromatic carbocycles. The Morgan fingerprint density at radius 1 is 0.865 bits per heavy atom. The first-order valence-electron chi connectivity index (χ1n) is 11.8. The number of carbonyl (C=O) groups excluding carboxylic acids is 2. The second-order valence-electron chi connectivity index (χ2n) is 9.22. The van der Waals surface area contributed by atoms with Crippen molar-refractivity contribution in [3.05, 3.63) is 89.2 Å². The summed E-state index contributed by atoms with van der Waals surface area (Å²) >= 11 is 3.47. The number of Topliss-reactive ketones (excluding diaryl/α,β-unsaturated/α-hetero) is 2. The number of nitro groups is 2. The Morgan fingerprint density at radius 2 is 1.46 bits per heavy atom. The van der Waals surface area contributed by atoms with Crippen molar-refractivity contribution in [2.75, 3.05) is 7.05 Å². The lowest BCUT2D eigenvalue weighted by atomic mass is 9.71. The summed E-state index contributed by atoms with van der Waals surface area (Å²) in [7, 11) is 1.93. The van der Waals surface area contributed by atoms with Gasteiger partial charge in [0.25, 0.3) is 5.69 Å². The molecule has 1 aliphatic heterocycles. The molecule has 0 saturated carbocycles. The Bertz CT molecular complexity index is 1400. The topological polar surface area (TPSA) is 133 Å². The number of ether oxygens (including phenoxy) is 1. The van der Waals surface area contributed by atoms with E-state index >= 15 is 0 Å². The third-order valence-electron chi connectivity index (χ3n) is 7.10. The van der Waals surface area contributed by atoms with Crippen LogP contribution >= 0.6 is 15.9 Å². The van der Waals surface area contributed by atoms with E-state index in [1.54, 1.807) is 18.2 Å². The lowest BCUT2D eigenvalue weighted by Crippen LogP contribution is -2.37. The second-order valence-corrected chi connectivity index (χ2v) is 10.1. The molecule has 0 fully saturated rings. The number of nitro benzene ring substituents is 2. The smallest absolute Gasteiger partial charge is 0.318 e. The molecule has 1 heterocycles. The molecule has 2 aliphatic carbocycles. The Labute approximate surface area is 220 Å². The van der Waals surface area contributed by atoms with Crippen molar-refractivity contribution in [1.82, 2.24) is 4.90 Å². The molecule has 0 saturated heterocycles. The monoisotopic (exact) mass is 567 g/mol. The van der Waals surface area contributed by atoms with Gasteiger partial charge in [-0.25, -0.2) is 0 Å². The van der Waals surface area contributed by atoms with Gasteiger partial charge in [0.15, 0.2) is 11.6 Å². The quantitative estimate of drug-likeness (QED) is 0.312. The van der Waals surface area contributed by atoms with Crippen LogP contribution in [0.3, 0.4) is 0 Å². The average molecular weight is 568 g/mol. The number of allylic oxidation sites excluding steroid dienone is 4. The van der Waals surface area contributed by atoms with E-state index in [1.807, 2.05) is 11.9 Å². The minimum atomic E-state index is -0.742. The number of nitrogens with zero attached hydrogens (tertiary/aromatic N) is 3. The summed E-state index contributed by atoms with van der Waals surface area (Å²) in [6.07, 6.45) is 3.96. The number of hydrogen-bond donors (Lipinski definition) is 0. The van der Waals surface area contributed by atoms with Gasteiger partial charge in [0.1, 0.15) is 5.75 Å². The van der Waals surface area contributed by atoms with E-state index in [1.165, 1.54) is 6.07 Å². The van der Waals surface area contributed by atoms with Crippen LogP contribution in [-0.2, 0) is 9.59 Å². The highest BCUT2D eigenvalue weighted by Gasteiger charge is 2.42. The molecule has 0 N–H and O–H groups in total. The molecule has 0 radical (unpaired) electrons. The Morgan fingerprint density at radius 3 is 2.00 bits per heavy atom. The average Bonchev–Trinajstić information content (AvgIpc) is 2.86. The number of non-ortho nitro benzene ring substituents is 1. The molecule has 0 aromatic heterocycles. The van der Waals surface area contributed by atoms with E-state index in [2.05, 4.69) is 15.9 Å². The highest BCUT2D eigenvalue weighted by Crippen LogP contribution is 2.49. The van der Waals surface area contributed by atoms with Gasteiger partial charge in [0.2, 0.25) is 5.75 Å². The van der Waals surface area contributed by atoms with Crippen LogP contribution in [0.15, 0.2) is 63.4 Å². The summed E-state index contributed by atoms with van der Waals surface area (Å²) in [4.78, 5) is 49.4. The van der Waals surface area contributed by atoms with E-state index in [0.29, 0.717) is 28.5 Å². The summed E-state index contributed by atoms with van der Waals surface area (Å²) < 4.78 is 6.24. The molecule has 2 aromatic rings. The van der Waals surface area contributed by atoms with Gasteiger partial charge in [-0.2, -0.15) is 0 Å².